The number of halogens is 6. The van der Waals surface area contributed by atoms with Crippen molar-refractivity contribution >= 4 is 13.1 Å². The Morgan fingerprint density at radius 1 is 1.00 bits per heavy atom. The quantitative estimate of drug-likeness (QED) is 0.552. The number of hydrogen-bond donors (Lipinski definition) is 0. The van der Waals surface area contributed by atoms with E-state index in [-0.39, 0.29) is 11.1 Å². The predicted octanol–water partition coefficient (Wildman–Crippen LogP) is 4.49. The second-order valence-corrected chi connectivity index (χ2v) is 6.31. The first kappa shape index (κ1) is 19.7. The molecule has 0 bridgehead atoms. The molecule has 0 aliphatic rings. The Bertz CT molecular complexity index is 588. The molecule has 11 heteroatoms. The largest absolute Gasteiger partial charge is 0.412 e. The van der Waals surface area contributed by atoms with Crippen molar-refractivity contribution < 1.29 is 44.7 Å². The lowest BCUT2D eigenvalue weighted by atomic mass is 10.1. The highest BCUT2D eigenvalue weighted by Crippen LogP contribution is 2.53. The SMILES string of the molecule is Cc1ccccc1C(=O)P(=O)(OCC(F)(F)F)OCC(F)(F)F. The lowest BCUT2D eigenvalue weighted by molar-refractivity contribution is -0.164. The van der Waals surface area contributed by atoms with Crippen LogP contribution in [0.15, 0.2) is 24.3 Å². The van der Waals surface area contributed by atoms with Crippen LogP contribution in [-0.4, -0.2) is 31.1 Å². The maximum atomic E-state index is 12.2. The normalized spacial score (nSPS) is 13.2. The third-order valence-corrected chi connectivity index (χ3v) is 4.10. The van der Waals surface area contributed by atoms with Crippen molar-refractivity contribution in [3.63, 3.8) is 0 Å². The molecular weight excluding hydrogens is 353 g/mol. The molecule has 0 aliphatic carbocycles. The van der Waals surface area contributed by atoms with Crippen LogP contribution in [0.2, 0.25) is 0 Å². The average molecular weight is 364 g/mol. The fraction of sp³-hybridized carbons (Fsp3) is 0.417. The Hall–Kier alpha value is -1.38. The number of alkyl halides is 6. The zero-order valence-corrected chi connectivity index (χ0v) is 12.5. The van der Waals surface area contributed by atoms with Gasteiger partial charge in [-0.2, -0.15) is 26.3 Å². The molecule has 0 aromatic heterocycles. The highest BCUT2D eigenvalue weighted by Gasteiger charge is 2.44. The Labute approximate surface area is 126 Å². The Morgan fingerprint density at radius 3 is 1.83 bits per heavy atom. The fourth-order valence-electron chi connectivity index (χ4n) is 1.43. The van der Waals surface area contributed by atoms with Crippen LogP contribution in [-0.2, 0) is 13.6 Å². The molecule has 130 valence electrons. The Kier molecular flexibility index (Phi) is 6.00. The second kappa shape index (κ2) is 7.02. The molecule has 0 radical (unpaired) electrons. The van der Waals surface area contributed by atoms with E-state index < -0.39 is 38.7 Å². The van der Waals surface area contributed by atoms with Crippen LogP contribution in [0.1, 0.15) is 15.9 Å². The van der Waals surface area contributed by atoms with Gasteiger partial charge < -0.3 is 0 Å². The van der Waals surface area contributed by atoms with Crippen molar-refractivity contribution in [1.82, 2.24) is 0 Å². The predicted molar refractivity (Wildman–Crippen MR) is 67.1 cm³/mol. The summed E-state index contributed by atoms with van der Waals surface area (Å²) in [5.41, 5.74) is -1.71. The number of hydrogen-bond acceptors (Lipinski definition) is 4. The van der Waals surface area contributed by atoms with Gasteiger partial charge in [-0.25, -0.2) is 0 Å². The van der Waals surface area contributed by atoms with Crippen molar-refractivity contribution in [2.75, 3.05) is 13.2 Å². The molecule has 1 aromatic rings. The molecule has 0 saturated heterocycles. The number of benzene rings is 1. The molecule has 0 spiro atoms. The van der Waals surface area contributed by atoms with E-state index in [4.69, 9.17) is 0 Å². The first-order chi connectivity index (χ1) is 10.3. The van der Waals surface area contributed by atoms with E-state index in [1.165, 1.54) is 25.1 Å². The van der Waals surface area contributed by atoms with Gasteiger partial charge in [-0.15, -0.1) is 0 Å². The van der Waals surface area contributed by atoms with Gasteiger partial charge >= 0.3 is 19.9 Å². The van der Waals surface area contributed by atoms with Gasteiger partial charge in [0.2, 0.25) is 0 Å². The smallest absolute Gasteiger partial charge is 0.293 e. The Balaban J connectivity index is 3.10. The molecule has 0 amide bonds. The minimum atomic E-state index is -5.33. The van der Waals surface area contributed by atoms with Crippen molar-refractivity contribution in [1.29, 1.82) is 0 Å². The van der Waals surface area contributed by atoms with Gasteiger partial charge in [0, 0.05) is 5.56 Å². The van der Waals surface area contributed by atoms with Crippen LogP contribution in [0.25, 0.3) is 0 Å². The van der Waals surface area contributed by atoms with Crippen molar-refractivity contribution in [3.05, 3.63) is 35.4 Å². The molecule has 23 heavy (non-hydrogen) atoms. The van der Waals surface area contributed by atoms with Crippen LogP contribution in [0.3, 0.4) is 0 Å². The van der Waals surface area contributed by atoms with Gasteiger partial charge in [0.05, 0.1) is 0 Å². The molecule has 1 aromatic carbocycles. The van der Waals surface area contributed by atoms with Crippen LogP contribution in [0.4, 0.5) is 26.3 Å². The summed E-state index contributed by atoms with van der Waals surface area (Å²) in [5, 5.41) is 0. The van der Waals surface area contributed by atoms with E-state index in [2.05, 4.69) is 9.05 Å². The summed E-state index contributed by atoms with van der Waals surface area (Å²) >= 11 is 0. The third kappa shape index (κ3) is 6.32. The second-order valence-electron chi connectivity index (χ2n) is 4.39. The van der Waals surface area contributed by atoms with E-state index in [1.54, 1.807) is 0 Å². The zero-order valence-electron chi connectivity index (χ0n) is 11.6. The molecule has 1 rings (SSSR count). The number of carbonyl (C=O) groups excluding carboxylic acids is 1. The van der Waals surface area contributed by atoms with E-state index >= 15 is 0 Å². The standard InChI is InChI=1S/C12H11F6O4P/c1-8-4-2-3-5-9(8)10(19)23(20,21-6-11(13,14)15)22-7-12(16,17)18/h2-5H,6-7H2,1H3. The minimum Gasteiger partial charge on any atom is -0.293 e. The maximum absolute atomic E-state index is 12.2. The van der Waals surface area contributed by atoms with Gasteiger partial charge in [-0.3, -0.25) is 18.4 Å². The summed E-state index contributed by atoms with van der Waals surface area (Å²) in [6.45, 7) is -3.00. The first-order valence-electron chi connectivity index (χ1n) is 5.97. The summed E-state index contributed by atoms with van der Waals surface area (Å²) in [6.07, 6.45) is -9.99. The van der Waals surface area contributed by atoms with Crippen LogP contribution >= 0.6 is 7.60 Å². The summed E-state index contributed by atoms with van der Waals surface area (Å²) < 4.78 is 93.0. The first-order valence-corrected chi connectivity index (χ1v) is 7.51. The van der Waals surface area contributed by atoms with Gasteiger partial charge in [0.1, 0.15) is 0 Å². The van der Waals surface area contributed by atoms with E-state index in [9.17, 15) is 35.7 Å². The molecular formula is C12H11F6O4P. The van der Waals surface area contributed by atoms with Crippen LogP contribution in [0.5, 0.6) is 0 Å². The number of aryl methyl sites for hydroxylation is 1. The molecule has 0 N–H and O–H groups in total. The number of carbonyl (C=O) groups is 1. The zero-order chi connectivity index (χ0) is 17.9. The number of rotatable bonds is 6. The summed E-state index contributed by atoms with van der Waals surface area (Å²) in [6, 6.07) is 5.24. The third-order valence-electron chi connectivity index (χ3n) is 2.42. The molecule has 0 fully saturated rings. The van der Waals surface area contributed by atoms with Crippen molar-refractivity contribution in [2.24, 2.45) is 0 Å². The van der Waals surface area contributed by atoms with E-state index in [0.717, 1.165) is 6.07 Å². The van der Waals surface area contributed by atoms with Gasteiger partial charge in [0.15, 0.2) is 13.2 Å². The lowest BCUT2D eigenvalue weighted by Gasteiger charge is -2.19. The monoisotopic (exact) mass is 364 g/mol. The molecule has 0 unspecified atom stereocenters. The highest BCUT2D eigenvalue weighted by molar-refractivity contribution is 7.72. The molecule has 0 atom stereocenters. The Morgan fingerprint density at radius 2 is 1.43 bits per heavy atom. The van der Waals surface area contributed by atoms with Gasteiger partial charge in [-0.05, 0) is 12.5 Å². The lowest BCUT2D eigenvalue weighted by Crippen LogP contribution is -2.22. The summed E-state index contributed by atoms with van der Waals surface area (Å²) in [4.78, 5) is 12.1. The van der Waals surface area contributed by atoms with Crippen LogP contribution in [0, 0.1) is 6.92 Å². The van der Waals surface area contributed by atoms with E-state index in [0.29, 0.717) is 0 Å². The molecule has 0 aliphatic heterocycles. The van der Waals surface area contributed by atoms with Crippen LogP contribution < -0.4 is 0 Å². The minimum absolute atomic E-state index is 0.198. The topological polar surface area (TPSA) is 52.6 Å². The molecule has 0 saturated carbocycles. The molecule has 4 nitrogen and oxygen atoms in total. The maximum Gasteiger partial charge on any atom is 0.412 e. The van der Waals surface area contributed by atoms with Gasteiger partial charge in [-0.1, -0.05) is 24.3 Å². The van der Waals surface area contributed by atoms with Gasteiger partial charge in [0.25, 0.3) is 5.52 Å². The summed E-state index contributed by atoms with van der Waals surface area (Å²) in [5.74, 6) is 0. The van der Waals surface area contributed by atoms with Crippen molar-refractivity contribution in [2.45, 2.75) is 19.3 Å². The average Bonchev–Trinajstić information content (AvgIpc) is 2.41. The highest BCUT2D eigenvalue weighted by atomic mass is 31.2. The summed E-state index contributed by atoms with van der Waals surface area (Å²) in [7, 11) is -5.33. The fourth-order valence-corrected chi connectivity index (χ4v) is 2.92. The van der Waals surface area contributed by atoms with Crippen molar-refractivity contribution in [3.8, 4) is 0 Å². The molecule has 0 heterocycles. The van der Waals surface area contributed by atoms with E-state index in [1.807, 2.05) is 0 Å².